The summed E-state index contributed by atoms with van der Waals surface area (Å²) < 4.78 is 15.3. The molecular weight excluding hydrogens is 196 g/mol. The van der Waals surface area contributed by atoms with E-state index in [1.165, 1.54) is 13.2 Å². The first-order chi connectivity index (χ1) is 7.29. The summed E-state index contributed by atoms with van der Waals surface area (Å²) in [6.07, 6.45) is 1.27. The summed E-state index contributed by atoms with van der Waals surface area (Å²) in [5.74, 6) is 1.28. The van der Waals surface area contributed by atoms with E-state index in [9.17, 15) is 4.79 Å². The fraction of sp³-hybridized carbons (Fsp3) is 0.182. The Labute approximate surface area is 87.1 Å². The minimum Gasteiger partial charge on any atom is -0.482 e. The molecule has 2 rings (SSSR count). The second kappa shape index (κ2) is 4.04. The molecule has 0 unspecified atom stereocenters. The summed E-state index contributed by atoms with van der Waals surface area (Å²) in [5, 5.41) is 0. The zero-order valence-corrected chi connectivity index (χ0v) is 8.23. The maximum Gasteiger partial charge on any atom is 0.334 e. The van der Waals surface area contributed by atoms with Gasteiger partial charge in [0.2, 0.25) is 0 Å². The molecule has 1 aromatic rings. The Morgan fingerprint density at radius 1 is 1.40 bits per heavy atom. The standard InChI is InChI=1S/C11H10O4/c1-13-11(12)6-8-7-14-9-4-2-3-5-10(9)15-8/h2-6H,7H2,1H3/b8-6-. The summed E-state index contributed by atoms with van der Waals surface area (Å²) >= 11 is 0. The van der Waals surface area contributed by atoms with Crippen LogP contribution in [-0.2, 0) is 9.53 Å². The first kappa shape index (κ1) is 9.58. The largest absolute Gasteiger partial charge is 0.482 e. The van der Waals surface area contributed by atoms with E-state index < -0.39 is 5.97 Å². The molecular formula is C11H10O4. The van der Waals surface area contributed by atoms with Gasteiger partial charge in [0, 0.05) is 0 Å². The minimum absolute atomic E-state index is 0.242. The molecule has 1 aliphatic rings. The lowest BCUT2D eigenvalue weighted by Gasteiger charge is -2.19. The molecule has 0 aliphatic carbocycles. The van der Waals surface area contributed by atoms with E-state index in [2.05, 4.69) is 4.74 Å². The lowest BCUT2D eigenvalue weighted by molar-refractivity contribution is -0.135. The van der Waals surface area contributed by atoms with Crippen LogP contribution in [0.4, 0.5) is 0 Å². The highest BCUT2D eigenvalue weighted by molar-refractivity contribution is 5.82. The molecule has 0 fully saturated rings. The van der Waals surface area contributed by atoms with Crippen LogP contribution in [0.25, 0.3) is 0 Å². The molecule has 1 aliphatic heterocycles. The number of benzene rings is 1. The maximum atomic E-state index is 11.0. The summed E-state index contributed by atoms with van der Waals surface area (Å²) in [6.45, 7) is 0.242. The molecule has 0 N–H and O–H groups in total. The zero-order chi connectivity index (χ0) is 10.7. The van der Waals surface area contributed by atoms with Gasteiger partial charge in [0.25, 0.3) is 0 Å². The van der Waals surface area contributed by atoms with Gasteiger partial charge in [-0.15, -0.1) is 0 Å². The molecule has 0 saturated carbocycles. The molecule has 0 saturated heterocycles. The third kappa shape index (κ3) is 2.10. The van der Waals surface area contributed by atoms with Crippen molar-refractivity contribution in [2.75, 3.05) is 13.7 Å². The Morgan fingerprint density at radius 2 is 2.13 bits per heavy atom. The highest BCUT2D eigenvalue weighted by atomic mass is 16.6. The van der Waals surface area contributed by atoms with Gasteiger partial charge in [0.1, 0.15) is 12.4 Å². The molecule has 4 nitrogen and oxygen atoms in total. The summed E-state index contributed by atoms with van der Waals surface area (Å²) in [5.41, 5.74) is 0. The molecule has 78 valence electrons. The van der Waals surface area contributed by atoms with Crippen LogP contribution in [0.5, 0.6) is 11.5 Å². The molecule has 1 aromatic carbocycles. The Bertz CT molecular complexity index is 409. The van der Waals surface area contributed by atoms with E-state index in [4.69, 9.17) is 9.47 Å². The summed E-state index contributed by atoms with van der Waals surface area (Å²) in [6, 6.07) is 7.28. The molecule has 1 heterocycles. The topological polar surface area (TPSA) is 44.8 Å². The number of para-hydroxylation sites is 2. The van der Waals surface area contributed by atoms with Crippen LogP contribution in [0.15, 0.2) is 36.1 Å². The van der Waals surface area contributed by atoms with Crippen molar-refractivity contribution >= 4 is 5.97 Å². The Hall–Kier alpha value is -1.97. The lowest BCUT2D eigenvalue weighted by Crippen LogP contribution is -2.15. The van der Waals surface area contributed by atoms with Crippen molar-refractivity contribution in [2.45, 2.75) is 0 Å². The van der Waals surface area contributed by atoms with Gasteiger partial charge in [0.15, 0.2) is 11.5 Å². The summed E-state index contributed by atoms with van der Waals surface area (Å²) in [7, 11) is 1.32. The fourth-order valence-corrected chi connectivity index (χ4v) is 1.23. The van der Waals surface area contributed by atoms with Gasteiger partial charge >= 0.3 is 5.97 Å². The zero-order valence-electron chi connectivity index (χ0n) is 8.23. The van der Waals surface area contributed by atoms with Gasteiger partial charge in [-0.25, -0.2) is 4.79 Å². The normalized spacial score (nSPS) is 16.2. The average Bonchev–Trinajstić information content (AvgIpc) is 2.29. The average molecular weight is 206 g/mol. The number of esters is 1. The molecule has 4 heteroatoms. The Kier molecular flexibility index (Phi) is 2.58. The molecule has 0 radical (unpaired) electrons. The maximum absolute atomic E-state index is 11.0. The van der Waals surface area contributed by atoms with Crippen molar-refractivity contribution in [3.63, 3.8) is 0 Å². The highest BCUT2D eigenvalue weighted by Gasteiger charge is 2.15. The predicted octanol–water partition coefficient (Wildman–Crippen LogP) is 1.51. The van der Waals surface area contributed by atoms with Gasteiger partial charge < -0.3 is 14.2 Å². The van der Waals surface area contributed by atoms with Gasteiger partial charge in [-0.1, -0.05) is 12.1 Å². The third-order valence-corrected chi connectivity index (χ3v) is 1.94. The van der Waals surface area contributed by atoms with Gasteiger partial charge in [-0.05, 0) is 12.1 Å². The number of rotatable bonds is 1. The van der Waals surface area contributed by atoms with Crippen molar-refractivity contribution < 1.29 is 19.0 Å². The van der Waals surface area contributed by atoms with Crippen LogP contribution in [0.2, 0.25) is 0 Å². The van der Waals surface area contributed by atoms with Crippen LogP contribution in [0, 0.1) is 0 Å². The number of methoxy groups -OCH3 is 1. The van der Waals surface area contributed by atoms with Crippen molar-refractivity contribution in [3.8, 4) is 11.5 Å². The third-order valence-electron chi connectivity index (χ3n) is 1.94. The molecule has 0 atom stereocenters. The second-order valence-corrected chi connectivity index (χ2v) is 2.97. The van der Waals surface area contributed by atoms with Crippen molar-refractivity contribution in [3.05, 3.63) is 36.1 Å². The van der Waals surface area contributed by atoms with E-state index in [-0.39, 0.29) is 6.61 Å². The van der Waals surface area contributed by atoms with Crippen molar-refractivity contribution in [2.24, 2.45) is 0 Å². The van der Waals surface area contributed by atoms with E-state index in [0.29, 0.717) is 17.3 Å². The number of carbonyl (C=O) groups excluding carboxylic acids is 1. The number of fused-ring (bicyclic) bond motifs is 1. The van der Waals surface area contributed by atoms with E-state index in [1.807, 2.05) is 18.2 Å². The van der Waals surface area contributed by atoms with Crippen LogP contribution in [-0.4, -0.2) is 19.7 Å². The van der Waals surface area contributed by atoms with Gasteiger partial charge in [-0.2, -0.15) is 0 Å². The summed E-state index contributed by atoms with van der Waals surface area (Å²) in [4.78, 5) is 11.0. The number of ether oxygens (including phenoxy) is 3. The number of hydrogen-bond acceptors (Lipinski definition) is 4. The van der Waals surface area contributed by atoms with Crippen LogP contribution in [0.1, 0.15) is 0 Å². The fourth-order valence-electron chi connectivity index (χ4n) is 1.23. The number of hydrogen-bond donors (Lipinski definition) is 0. The van der Waals surface area contributed by atoms with Crippen molar-refractivity contribution in [1.82, 2.24) is 0 Å². The molecule has 0 bridgehead atoms. The Balaban J connectivity index is 2.19. The van der Waals surface area contributed by atoms with Gasteiger partial charge in [0.05, 0.1) is 13.2 Å². The quantitative estimate of drug-likeness (QED) is 0.516. The first-order valence-corrected chi connectivity index (χ1v) is 4.48. The SMILES string of the molecule is COC(=O)/C=C1/COc2ccccc2O1. The van der Waals surface area contributed by atoms with Gasteiger partial charge in [-0.3, -0.25) is 0 Å². The number of carbonyl (C=O) groups is 1. The van der Waals surface area contributed by atoms with E-state index >= 15 is 0 Å². The molecule has 15 heavy (non-hydrogen) atoms. The highest BCUT2D eigenvalue weighted by Crippen LogP contribution is 2.31. The van der Waals surface area contributed by atoms with Crippen molar-refractivity contribution in [1.29, 1.82) is 0 Å². The van der Waals surface area contributed by atoms with E-state index in [1.54, 1.807) is 6.07 Å². The van der Waals surface area contributed by atoms with Crippen LogP contribution < -0.4 is 9.47 Å². The minimum atomic E-state index is -0.451. The second-order valence-electron chi connectivity index (χ2n) is 2.97. The predicted molar refractivity (Wildman–Crippen MR) is 52.7 cm³/mol. The smallest absolute Gasteiger partial charge is 0.334 e. The van der Waals surface area contributed by atoms with E-state index in [0.717, 1.165) is 0 Å². The molecule has 0 aromatic heterocycles. The molecule has 0 amide bonds. The molecule has 0 spiro atoms. The van der Waals surface area contributed by atoms with Crippen LogP contribution >= 0.6 is 0 Å². The van der Waals surface area contributed by atoms with Crippen LogP contribution in [0.3, 0.4) is 0 Å². The lowest BCUT2D eigenvalue weighted by atomic mass is 10.3. The Morgan fingerprint density at radius 3 is 2.87 bits per heavy atom. The first-order valence-electron chi connectivity index (χ1n) is 4.48. The monoisotopic (exact) mass is 206 g/mol.